The van der Waals surface area contributed by atoms with Crippen LogP contribution >= 0.6 is 0 Å². The Balaban J connectivity index is 1.80. The molecule has 1 aliphatic rings. The Labute approximate surface area is 120 Å². The smallest absolute Gasteiger partial charge is 0.0713 e. The standard InChI is InChI=1S/C17H20N2O/c1-20-12-13-5-2-8-15(11-13)19-16-9-3-6-14-7-4-10-18-17(14)16/h2,4-5,7-8,10-11,16,19H,3,6,9,12H2,1H3. The maximum Gasteiger partial charge on any atom is 0.0713 e. The van der Waals surface area contributed by atoms with Crippen molar-refractivity contribution in [2.45, 2.75) is 31.9 Å². The number of hydrogen-bond donors (Lipinski definition) is 1. The summed E-state index contributed by atoms with van der Waals surface area (Å²) in [5.74, 6) is 0. The lowest BCUT2D eigenvalue weighted by Gasteiger charge is -2.26. The van der Waals surface area contributed by atoms with Crippen molar-refractivity contribution in [3.63, 3.8) is 0 Å². The maximum absolute atomic E-state index is 5.19. The summed E-state index contributed by atoms with van der Waals surface area (Å²) >= 11 is 0. The predicted molar refractivity (Wildman–Crippen MR) is 80.7 cm³/mol. The molecule has 20 heavy (non-hydrogen) atoms. The molecule has 0 amide bonds. The van der Waals surface area contributed by atoms with Crippen LogP contribution < -0.4 is 5.32 Å². The molecule has 1 unspecified atom stereocenters. The van der Waals surface area contributed by atoms with E-state index in [0.29, 0.717) is 12.6 Å². The molecule has 3 rings (SSSR count). The third-order valence-electron chi connectivity index (χ3n) is 3.77. The van der Waals surface area contributed by atoms with Crippen LogP contribution in [0, 0.1) is 0 Å². The number of benzene rings is 1. The van der Waals surface area contributed by atoms with Crippen molar-refractivity contribution in [2.24, 2.45) is 0 Å². The maximum atomic E-state index is 5.19. The molecule has 1 aliphatic carbocycles. The fraction of sp³-hybridized carbons (Fsp3) is 0.353. The number of anilines is 1. The van der Waals surface area contributed by atoms with Crippen molar-refractivity contribution in [2.75, 3.05) is 12.4 Å². The lowest BCUT2D eigenvalue weighted by Crippen LogP contribution is -2.18. The third-order valence-corrected chi connectivity index (χ3v) is 3.77. The van der Waals surface area contributed by atoms with E-state index in [2.05, 4.69) is 40.6 Å². The van der Waals surface area contributed by atoms with Crippen LogP contribution in [-0.2, 0) is 17.8 Å². The van der Waals surface area contributed by atoms with Gasteiger partial charge in [-0.3, -0.25) is 4.98 Å². The van der Waals surface area contributed by atoms with Crippen LogP contribution in [0.4, 0.5) is 5.69 Å². The van der Waals surface area contributed by atoms with Gasteiger partial charge in [-0.25, -0.2) is 0 Å². The fourth-order valence-corrected chi connectivity index (χ4v) is 2.87. The lowest BCUT2D eigenvalue weighted by atomic mass is 9.91. The summed E-state index contributed by atoms with van der Waals surface area (Å²) in [6, 6.07) is 13.0. The SMILES string of the molecule is COCc1cccc(NC2CCCc3cccnc32)c1. The van der Waals surface area contributed by atoms with E-state index in [4.69, 9.17) is 4.74 Å². The molecule has 2 aromatic rings. The average Bonchev–Trinajstić information content (AvgIpc) is 2.48. The predicted octanol–water partition coefficient (Wildman–Crippen LogP) is 3.72. The van der Waals surface area contributed by atoms with Gasteiger partial charge in [-0.15, -0.1) is 0 Å². The van der Waals surface area contributed by atoms with Gasteiger partial charge in [0, 0.05) is 19.0 Å². The van der Waals surface area contributed by atoms with Gasteiger partial charge in [0.15, 0.2) is 0 Å². The molecule has 0 saturated carbocycles. The lowest BCUT2D eigenvalue weighted by molar-refractivity contribution is 0.185. The number of nitrogens with zero attached hydrogens (tertiary/aromatic N) is 1. The zero-order valence-corrected chi connectivity index (χ0v) is 11.8. The highest BCUT2D eigenvalue weighted by Crippen LogP contribution is 2.30. The van der Waals surface area contributed by atoms with Crippen molar-refractivity contribution in [3.05, 3.63) is 59.4 Å². The van der Waals surface area contributed by atoms with E-state index in [1.54, 1.807) is 7.11 Å². The van der Waals surface area contributed by atoms with Crippen molar-refractivity contribution in [3.8, 4) is 0 Å². The largest absolute Gasteiger partial charge is 0.380 e. The first kappa shape index (κ1) is 13.1. The first-order chi connectivity index (χ1) is 9.86. The third kappa shape index (κ3) is 2.83. The van der Waals surface area contributed by atoms with Gasteiger partial charge in [0.05, 0.1) is 18.3 Å². The molecule has 0 saturated heterocycles. The molecule has 1 heterocycles. The zero-order valence-electron chi connectivity index (χ0n) is 11.8. The minimum atomic E-state index is 0.317. The summed E-state index contributed by atoms with van der Waals surface area (Å²) in [5.41, 5.74) is 4.91. The second-order valence-electron chi connectivity index (χ2n) is 5.27. The van der Waals surface area contributed by atoms with Crippen LogP contribution in [0.1, 0.15) is 35.7 Å². The van der Waals surface area contributed by atoms with Crippen molar-refractivity contribution in [1.29, 1.82) is 0 Å². The first-order valence-corrected chi connectivity index (χ1v) is 7.15. The molecule has 0 bridgehead atoms. The quantitative estimate of drug-likeness (QED) is 0.917. The fourth-order valence-electron chi connectivity index (χ4n) is 2.87. The number of aryl methyl sites for hydroxylation is 1. The molecular formula is C17H20N2O. The van der Waals surface area contributed by atoms with Crippen LogP contribution in [0.3, 0.4) is 0 Å². The number of hydrogen-bond acceptors (Lipinski definition) is 3. The number of methoxy groups -OCH3 is 1. The molecule has 3 nitrogen and oxygen atoms in total. The van der Waals surface area contributed by atoms with Crippen LogP contribution in [0.2, 0.25) is 0 Å². The van der Waals surface area contributed by atoms with Crippen LogP contribution in [0.15, 0.2) is 42.6 Å². The van der Waals surface area contributed by atoms with Gasteiger partial charge in [-0.2, -0.15) is 0 Å². The van der Waals surface area contributed by atoms with E-state index in [0.717, 1.165) is 18.5 Å². The van der Waals surface area contributed by atoms with E-state index < -0.39 is 0 Å². The van der Waals surface area contributed by atoms with Gasteiger partial charge in [0.25, 0.3) is 0 Å². The summed E-state index contributed by atoms with van der Waals surface area (Å²) in [4.78, 5) is 4.57. The van der Waals surface area contributed by atoms with Crippen molar-refractivity contribution >= 4 is 5.69 Å². The molecule has 1 atom stereocenters. The number of aromatic nitrogens is 1. The molecule has 0 fully saturated rings. The summed E-state index contributed by atoms with van der Waals surface area (Å²) < 4.78 is 5.19. The number of rotatable bonds is 4. The van der Waals surface area contributed by atoms with Gasteiger partial charge in [-0.05, 0) is 48.6 Å². The summed E-state index contributed by atoms with van der Waals surface area (Å²) in [6.07, 6.45) is 5.39. The molecule has 0 spiro atoms. The number of fused-ring (bicyclic) bond motifs is 1. The molecule has 1 N–H and O–H groups in total. The zero-order chi connectivity index (χ0) is 13.8. The Morgan fingerprint density at radius 1 is 1.30 bits per heavy atom. The monoisotopic (exact) mass is 268 g/mol. The Morgan fingerprint density at radius 3 is 3.15 bits per heavy atom. The first-order valence-electron chi connectivity index (χ1n) is 7.15. The molecule has 0 radical (unpaired) electrons. The van der Waals surface area contributed by atoms with E-state index >= 15 is 0 Å². The van der Waals surface area contributed by atoms with Gasteiger partial charge >= 0.3 is 0 Å². The highest BCUT2D eigenvalue weighted by molar-refractivity contribution is 5.48. The second kappa shape index (κ2) is 6.06. The van der Waals surface area contributed by atoms with Crippen LogP contribution in [-0.4, -0.2) is 12.1 Å². The average molecular weight is 268 g/mol. The van der Waals surface area contributed by atoms with Gasteiger partial charge in [0.1, 0.15) is 0 Å². The van der Waals surface area contributed by atoms with Crippen molar-refractivity contribution in [1.82, 2.24) is 4.98 Å². The number of pyridine rings is 1. The Kier molecular flexibility index (Phi) is 3.97. The van der Waals surface area contributed by atoms with Gasteiger partial charge < -0.3 is 10.1 Å². The normalized spacial score (nSPS) is 17.6. The van der Waals surface area contributed by atoms with Crippen LogP contribution in [0.5, 0.6) is 0 Å². The minimum absolute atomic E-state index is 0.317. The molecule has 1 aromatic carbocycles. The highest BCUT2D eigenvalue weighted by Gasteiger charge is 2.20. The van der Waals surface area contributed by atoms with Gasteiger partial charge in [0.2, 0.25) is 0 Å². The second-order valence-corrected chi connectivity index (χ2v) is 5.27. The van der Waals surface area contributed by atoms with E-state index in [-0.39, 0.29) is 0 Å². The molecular weight excluding hydrogens is 248 g/mol. The Morgan fingerprint density at radius 2 is 2.25 bits per heavy atom. The van der Waals surface area contributed by atoms with E-state index in [1.165, 1.54) is 23.2 Å². The van der Waals surface area contributed by atoms with Gasteiger partial charge in [-0.1, -0.05) is 18.2 Å². The van der Waals surface area contributed by atoms with E-state index in [1.807, 2.05) is 12.3 Å². The summed E-state index contributed by atoms with van der Waals surface area (Å²) in [5, 5.41) is 3.62. The topological polar surface area (TPSA) is 34.1 Å². The molecule has 3 heteroatoms. The van der Waals surface area contributed by atoms with E-state index in [9.17, 15) is 0 Å². The summed E-state index contributed by atoms with van der Waals surface area (Å²) in [7, 11) is 1.72. The Hall–Kier alpha value is -1.87. The molecule has 1 aromatic heterocycles. The summed E-state index contributed by atoms with van der Waals surface area (Å²) in [6.45, 7) is 0.648. The highest BCUT2D eigenvalue weighted by atomic mass is 16.5. The minimum Gasteiger partial charge on any atom is -0.380 e. The molecule has 0 aliphatic heterocycles. The number of nitrogens with one attached hydrogen (secondary N) is 1. The number of ether oxygens (including phenoxy) is 1. The van der Waals surface area contributed by atoms with Crippen LogP contribution in [0.25, 0.3) is 0 Å². The molecule has 104 valence electrons. The van der Waals surface area contributed by atoms with Crippen molar-refractivity contribution < 1.29 is 4.74 Å². The Bertz CT molecular complexity index is 583.